The maximum atomic E-state index is 13.6. The van der Waals surface area contributed by atoms with Gasteiger partial charge in [0.25, 0.3) is 11.7 Å². The highest BCUT2D eigenvalue weighted by Crippen LogP contribution is 2.44. The van der Waals surface area contributed by atoms with Gasteiger partial charge in [0.1, 0.15) is 23.0 Å². The normalized spacial score (nSPS) is 16.7. The lowest BCUT2D eigenvalue weighted by molar-refractivity contribution is -0.132. The van der Waals surface area contributed by atoms with Crippen LogP contribution in [0.5, 0.6) is 17.2 Å². The number of carbonyl (C=O) groups excluding carboxylic acids is 2. The standard InChI is InChI=1S/C32H35NO6/c1-18(2)25-17-26(20(5)15-27(25)38-7)30(34)28-29(21-9-8-10-24(16-21)39-19(3)4)33(32(36)31(28)35)22-11-13-23(37-6)14-12-22/h8-19,29,34H,1-7H3/b30-28+. The van der Waals surface area contributed by atoms with Crippen molar-refractivity contribution in [3.05, 3.63) is 88.5 Å². The van der Waals surface area contributed by atoms with Crippen LogP contribution in [0, 0.1) is 6.92 Å². The minimum atomic E-state index is -0.877. The number of aliphatic hydroxyl groups is 1. The van der Waals surface area contributed by atoms with Gasteiger partial charge in [-0.2, -0.15) is 0 Å². The summed E-state index contributed by atoms with van der Waals surface area (Å²) >= 11 is 0. The van der Waals surface area contributed by atoms with Crippen molar-refractivity contribution < 1.29 is 28.9 Å². The molecular weight excluding hydrogens is 494 g/mol. The Labute approximate surface area is 229 Å². The lowest BCUT2D eigenvalue weighted by atomic mass is 9.91. The Morgan fingerprint density at radius 2 is 1.59 bits per heavy atom. The first-order chi connectivity index (χ1) is 18.6. The molecule has 0 bridgehead atoms. The van der Waals surface area contributed by atoms with E-state index in [0.717, 1.165) is 11.1 Å². The number of ketones is 1. The Bertz CT molecular complexity index is 1420. The van der Waals surface area contributed by atoms with Gasteiger partial charge in [-0.25, -0.2) is 0 Å². The van der Waals surface area contributed by atoms with Crippen LogP contribution in [0.4, 0.5) is 5.69 Å². The van der Waals surface area contributed by atoms with E-state index in [1.54, 1.807) is 44.6 Å². The highest BCUT2D eigenvalue weighted by atomic mass is 16.5. The summed E-state index contributed by atoms with van der Waals surface area (Å²) in [6.07, 6.45) is -0.0652. The Balaban J connectivity index is 1.97. The molecule has 7 nitrogen and oxygen atoms in total. The van der Waals surface area contributed by atoms with Gasteiger partial charge in [-0.15, -0.1) is 0 Å². The molecule has 4 rings (SSSR count). The van der Waals surface area contributed by atoms with Crippen molar-refractivity contribution in [2.45, 2.75) is 52.7 Å². The van der Waals surface area contributed by atoms with Crippen LogP contribution in [0.2, 0.25) is 0 Å². The maximum Gasteiger partial charge on any atom is 0.300 e. The van der Waals surface area contributed by atoms with E-state index >= 15 is 0 Å². The van der Waals surface area contributed by atoms with Crippen molar-refractivity contribution >= 4 is 23.1 Å². The molecule has 0 spiro atoms. The van der Waals surface area contributed by atoms with E-state index in [0.29, 0.717) is 34.1 Å². The second-order valence-electron chi connectivity index (χ2n) is 10.2. The van der Waals surface area contributed by atoms with Crippen LogP contribution in [0.25, 0.3) is 5.76 Å². The van der Waals surface area contributed by atoms with Crippen molar-refractivity contribution in [1.82, 2.24) is 0 Å². The number of benzene rings is 3. The number of Topliss-reactive ketones (excluding diaryl/α,β-unsaturated/α-hetero) is 1. The Hall–Kier alpha value is -4.26. The van der Waals surface area contributed by atoms with Gasteiger partial charge in [0.15, 0.2) is 0 Å². The first kappa shape index (κ1) is 27.8. The predicted molar refractivity (Wildman–Crippen MR) is 152 cm³/mol. The maximum absolute atomic E-state index is 13.6. The monoisotopic (exact) mass is 529 g/mol. The number of carbonyl (C=O) groups is 2. The Kier molecular flexibility index (Phi) is 8.00. The van der Waals surface area contributed by atoms with E-state index in [9.17, 15) is 14.7 Å². The van der Waals surface area contributed by atoms with E-state index in [4.69, 9.17) is 14.2 Å². The number of anilines is 1. The molecule has 1 heterocycles. The third kappa shape index (κ3) is 5.35. The molecule has 1 aliphatic rings. The molecule has 0 saturated carbocycles. The second-order valence-corrected chi connectivity index (χ2v) is 10.2. The molecule has 3 aromatic carbocycles. The number of nitrogens with zero attached hydrogens (tertiary/aromatic N) is 1. The summed E-state index contributed by atoms with van der Waals surface area (Å²) in [5, 5.41) is 11.7. The molecule has 0 radical (unpaired) electrons. The first-order valence-electron chi connectivity index (χ1n) is 13.0. The smallest absolute Gasteiger partial charge is 0.300 e. The molecule has 39 heavy (non-hydrogen) atoms. The zero-order chi connectivity index (χ0) is 28.4. The third-order valence-corrected chi connectivity index (χ3v) is 6.79. The third-order valence-electron chi connectivity index (χ3n) is 6.79. The predicted octanol–water partition coefficient (Wildman–Crippen LogP) is 6.55. The van der Waals surface area contributed by atoms with Gasteiger partial charge in [-0.3, -0.25) is 14.5 Å². The summed E-state index contributed by atoms with van der Waals surface area (Å²) in [7, 11) is 3.16. The lowest BCUT2D eigenvalue weighted by Gasteiger charge is -2.26. The summed E-state index contributed by atoms with van der Waals surface area (Å²) in [4.78, 5) is 28.6. The van der Waals surface area contributed by atoms with Crippen LogP contribution in [0.1, 0.15) is 61.9 Å². The van der Waals surface area contributed by atoms with E-state index in [-0.39, 0.29) is 23.4 Å². The summed E-state index contributed by atoms with van der Waals surface area (Å²) in [5.74, 6) is 0.315. The van der Waals surface area contributed by atoms with E-state index in [2.05, 4.69) is 0 Å². The summed E-state index contributed by atoms with van der Waals surface area (Å²) in [5.41, 5.74) is 3.25. The second kappa shape index (κ2) is 11.2. The van der Waals surface area contributed by atoms with Crippen molar-refractivity contribution in [3.63, 3.8) is 0 Å². The van der Waals surface area contributed by atoms with E-state index in [1.807, 2.05) is 65.0 Å². The van der Waals surface area contributed by atoms with Gasteiger partial charge in [0.05, 0.1) is 31.9 Å². The van der Waals surface area contributed by atoms with Crippen LogP contribution in [0.15, 0.2) is 66.2 Å². The van der Waals surface area contributed by atoms with Gasteiger partial charge < -0.3 is 19.3 Å². The lowest BCUT2D eigenvalue weighted by Crippen LogP contribution is -2.29. The minimum absolute atomic E-state index is 0.0143. The zero-order valence-corrected chi connectivity index (χ0v) is 23.4. The quantitative estimate of drug-likeness (QED) is 0.202. The van der Waals surface area contributed by atoms with Crippen LogP contribution >= 0.6 is 0 Å². The summed E-state index contributed by atoms with van der Waals surface area (Å²) in [6.45, 7) is 9.75. The highest BCUT2D eigenvalue weighted by Gasteiger charge is 2.47. The molecule has 1 saturated heterocycles. The van der Waals surface area contributed by atoms with Gasteiger partial charge in [-0.1, -0.05) is 26.0 Å². The van der Waals surface area contributed by atoms with Crippen molar-refractivity contribution in [2.24, 2.45) is 0 Å². The molecule has 1 N–H and O–H groups in total. The van der Waals surface area contributed by atoms with Gasteiger partial charge >= 0.3 is 0 Å². The topological polar surface area (TPSA) is 85.3 Å². The fraction of sp³-hybridized carbons (Fsp3) is 0.312. The number of ether oxygens (including phenoxy) is 3. The number of methoxy groups -OCH3 is 2. The molecular formula is C32H35NO6. The zero-order valence-electron chi connectivity index (χ0n) is 23.4. The van der Waals surface area contributed by atoms with Crippen molar-refractivity contribution in [3.8, 4) is 17.2 Å². The average Bonchev–Trinajstić information content (AvgIpc) is 3.17. The van der Waals surface area contributed by atoms with Gasteiger partial charge in [-0.05, 0) is 91.9 Å². The molecule has 1 aliphatic heterocycles. The molecule has 3 aromatic rings. The summed E-state index contributed by atoms with van der Waals surface area (Å²) in [6, 6.07) is 17.0. The van der Waals surface area contributed by atoms with Crippen LogP contribution in [-0.2, 0) is 9.59 Å². The summed E-state index contributed by atoms with van der Waals surface area (Å²) < 4.78 is 16.7. The van der Waals surface area contributed by atoms with Gasteiger partial charge in [0, 0.05) is 11.3 Å². The molecule has 1 unspecified atom stereocenters. The van der Waals surface area contributed by atoms with E-state index in [1.165, 1.54) is 4.90 Å². The van der Waals surface area contributed by atoms with Crippen molar-refractivity contribution in [1.29, 1.82) is 0 Å². The Morgan fingerprint density at radius 1 is 0.897 bits per heavy atom. The highest BCUT2D eigenvalue weighted by molar-refractivity contribution is 6.51. The SMILES string of the molecule is COc1ccc(N2C(=O)C(=O)/C(=C(/O)c3cc(C(C)C)c(OC)cc3C)C2c2cccc(OC(C)C)c2)cc1. The molecule has 1 atom stereocenters. The molecule has 7 heteroatoms. The average molecular weight is 530 g/mol. The molecule has 1 amide bonds. The number of rotatable bonds is 8. The fourth-order valence-electron chi connectivity index (χ4n) is 4.91. The van der Waals surface area contributed by atoms with Gasteiger partial charge in [0.2, 0.25) is 0 Å². The number of aryl methyl sites for hydroxylation is 1. The van der Waals surface area contributed by atoms with E-state index < -0.39 is 17.7 Å². The van der Waals surface area contributed by atoms with Crippen LogP contribution in [-0.4, -0.2) is 37.1 Å². The molecule has 0 aromatic heterocycles. The minimum Gasteiger partial charge on any atom is -0.507 e. The molecule has 0 aliphatic carbocycles. The fourth-order valence-corrected chi connectivity index (χ4v) is 4.91. The molecule has 204 valence electrons. The van der Waals surface area contributed by atoms with Crippen LogP contribution in [0.3, 0.4) is 0 Å². The van der Waals surface area contributed by atoms with Crippen molar-refractivity contribution in [2.75, 3.05) is 19.1 Å². The number of hydrogen-bond acceptors (Lipinski definition) is 6. The number of aliphatic hydroxyl groups excluding tert-OH is 1. The van der Waals surface area contributed by atoms with Crippen LogP contribution < -0.4 is 19.1 Å². The molecule has 1 fully saturated rings. The first-order valence-corrected chi connectivity index (χ1v) is 13.0. The number of amides is 1. The number of hydrogen-bond donors (Lipinski definition) is 1. The Morgan fingerprint density at radius 3 is 2.18 bits per heavy atom. The largest absolute Gasteiger partial charge is 0.507 e.